The molecule has 3 rings (SSSR count). The minimum Gasteiger partial charge on any atom is -0.361 e. The van der Waals surface area contributed by atoms with Crippen molar-refractivity contribution in [3.63, 3.8) is 0 Å². The average Bonchev–Trinajstić information content (AvgIpc) is 3.24. The third-order valence-corrected chi connectivity index (χ3v) is 5.25. The molecule has 2 aromatic rings. The van der Waals surface area contributed by atoms with Gasteiger partial charge in [-0.05, 0) is 13.8 Å². The third-order valence-electron chi connectivity index (χ3n) is 4.44. The molecule has 1 N–H and O–H groups in total. The van der Waals surface area contributed by atoms with Gasteiger partial charge in [0.2, 0.25) is 5.13 Å². The van der Waals surface area contributed by atoms with Crippen LogP contribution in [0, 0.1) is 13.8 Å². The van der Waals surface area contributed by atoms with E-state index in [1.165, 1.54) is 11.5 Å². The topological polar surface area (TPSA) is 82.7 Å². The van der Waals surface area contributed by atoms with Gasteiger partial charge in [0.05, 0.1) is 5.69 Å². The van der Waals surface area contributed by atoms with Crippen LogP contribution < -0.4 is 10.2 Å². The molecule has 0 amide bonds. The van der Waals surface area contributed by atoms with E-state index in [9.17, 15) is 0 Å². The monoisotopic (exact) mass is 491 g/mol. The number of nitrogens with one attached hydrogen (secondary N) is 1. The fourth-order valence-electron chi connectivity index (χ4n) is 2.88. The van der Waals surface area contributed by atoms with Crippen LogP contribution in [0.3, 0.4) is 0 Å². The molecule has 0 unspecified atom stereocenters. The lowest BCUT2D eigenvalue weighted by Gasteiger charge is -2.36. The van der Waals surface area contributed by atoms with Crippen molar-refractivity contribution >= 4 is 46.6 Å². The number of aliphatic imine (C=N–C) groups is 1. The predicted octanol–water partition coefficient (Wildman–Crippen LogP) is 2.22. The number of halogens is 1. The van der Waals surface area contributed by atoms with Gasteiger partial charge in [0.25, 0.3) is 0 Å². The van der Waals surface area contributed by atoms with Crippen LogP contribution in [0.4, 0.5) is 5.13 Å². The molecule has 2 aromatic heterocycles. The van der Waals surface area contributed by atoms with E-state index in [2.05, 4.69) is 41.5 Å². The minimum atomic E-state index is 0. The zero-order chi connectivity index (χ0) is 17.8. The summed E-state index contributed by atoms with van der Waals surface area (Å²) in [4.78, 5) is 13.6. The van der Waals surface area contributed by atoms with Crippen LogP contribution in [0.15, 0.2) is 9.52 Å². The van der Waals surface area contributed by atoms with Gasteiger partial charge in [0, 0.05) is 63.3 Å². The Morgan fingerprint density at radius 2 is 2.00 bits per heavy atom. The maximum atomic E-state index is 5.22. The molecule has 0 atom stereocenters. The van der Waals surface area contributed by atoms with Crippen LogP contribution in [-0.2, 0) is 13.0 Å². The Kier molecular flexibility index (Phi) is 7.62. The Balaban J connectivity index is 0.00000243. The summed E-state index contributed by atoms with van der Waals surface area (Å²) in [7, 11) is 1.82. The fraction of sp³-hybridized carbons (Fsp3) is 0.625. The first-order valence-electron chi connectivity index (χ1n) is 8.57. The van der Waals surface area contributed by atoms with Gasteiger partial charge in [-0.2, -0.15) is 4.37 Å². The number of hydrogen-bond donors (Lipinski definition) is 1. The largest absolute Gasteiger partial charge is 0.361 e. The Morgan fingerprint density at radius 1 is 1.27 bits per heavy atom. The van der Waals surface area contributed by atoms with Gasteiger partial charge in [-0.15, -0.1) is 24.0 Å². The molecule has 26 heavy (non-hydrogen) atoms. The van der Waals surface area contributed by atoms with Crippen LogP contribution in [0.2, 0.25) is 0 Å². The van der Waals surface area contributed by atoms with Gasteiger partial charge in [-0.1, -0.05) is 12.1 Å². The van der Waals surface area contributed by atoms with Gasteiger partial charge in [-0.3, -0.25) is 4.99 Å². The normalized spacial score (nSPS) is 15.2. The number of aryl methyl sites for hydroxylation is 3. The van der Waals surface area contributed by atoms with E-state index in [0.717, 1.165) is 66.5 Å². The first-order valence-corrected chi connectivity index (χ1v) is 9.34. The Morgan fingerprint density at radius 3 is 2.54 bits per heavy atom. The highest BCUT2D eigenvalue weighted by atomic mass is 127. The number of piperazine rings is 1. The van der Waals surface area contributed by atoms with E-state index >= 15 is 0 Å². The van der Waals surface area contributed by atoms with Crippen molar-refractivity contribution in [3.8, 4) is 0 Å². The van der Waals surface area contributed by atoms with Crippen molar-refractivity contribution in [1.82, 2.24) is 24.7 Å². The fourth-order valence-corrected chi connectivity index (χ4v) is 3.68. The molecule has 0 spiro atoms. The number of rotatable bonds is 4. The summed E-state index contributed by atoms with van der Waals surface area (Å²) in [6.07, 6.45) is 0.884. The quantitative estimate of drug-likeness (QED) is 0.399. The summed E-state index contributed by atoms with van der Waals surface area (Å²) in [5.41, 5.74) is 2.02. The minimum absolute atomic E-state index is 0. The molecular weight excluding hydrogens is 465 g/mol. The van der Waals surface area contributed by atoms with Crippen molar-refractivity contribution in [3.05, 3.63) is 22.8 Å². The Bertz CT molecular complexity index is 717. The van der Waals surface area contributed by atoms with Gasteiger partial charge in [-0.25, -0.2) is 4.98 Å². The first-order chi connectivity index (χ1) is 12.1. The van der Waals surface area contributed by atoms with Gasteiger partial charge < -0.3 is 19.6 Å². The van der Waals surface area contributed by atoms with Crippen molar-refractivity contribution in [2.24, 2.45) is 4.99 Å². The second-order valence-electron chi connectivity index (χ2n) is 6.02. The molecular formula is C16H26IN7OS. The SMILES string of the molecule is CCc1nsc(N2CCN(C(=NC)NCc3c(C)noc3C)CC2)n1.I. The van der Waals surface area contributed by atoms with Gasteiger partial charge in [0.1, 0.15) is 11.6 Å². The first kappa shape index (κ1) is 20.9. The van der Waals surface area contributed by atoms with Crippen LogP contribution in [0.25, 0.3) is 0 Å². The highest BCUT2D eigenvalue weighted by Gasteiger charge is 2.22. The number of aromatic nitrogens is 3. The lowest BCUT2D eigenvalue weighted by molar-refractivity contribution is 0.371. The summed E-state index contributed by atoms with van der Waals surface area (Å²) in [5.74, 6) is 2.69. The zero-order valence-electron chi connectivity index (χ0n) is 15.7. The number of guanidine groups is 1. The van der Waals surface area contributed by atoms with Crippen molar-refractivity contribution in [2.75, 3.05) is 38.1 Å². The Hall–Kier alpha value is -1.43. The van der Waals surface area contributed by atoms with Crippen molar-refractivity contribution in [1.29, 1.82) is 0 Å². The summed E-state index contributed by atoms with van der Waals surface area (Å²) in [6.45, 7) is 10.3. The highest BCUT2D eigenvalue weighted by Crippen LogP contribution is 2.19. The smallest absolute Gasteiger partial charge is 0.205 e. The maximum absolute atomic E-state index is 5.22. The molecule has 0 bridgehead atoms. The van der Waals surface area contributed by atoms with E-state index in [0.29, 0.717) is 6.54 Å². The van der Waals surface area contributed by atoms with Gasteiger partial charge >= 0.3 is 0 Å². The van der Waals surface area contributed by atoms with E-state index < -0.39 is 0 Å². The van der Waals surface area contributed by atoms with E-state index in [-0.39, 0.29) is 24.0 Å². The molecule has 3 heterocycles. The maximum Gasteiger partial charge on any atom is 0.205 e. The average molecular weight is 491 g/mol. The van der Waals surface area contributed by atoms with Crippen LogP contribution in [0.1, 0.15) is 29.8 Å². The Labute approximate surface area is 175 Å². The van der Waals surface area contributed by atoms with E-state index in [4.69, 9.17) is 4.52 Å². The van der Waals surface area contributed by atoms with Crippen molar-refractivity contribution in [2.45, 2.75) is 33.7 Å². The molecule has 10 heteroatoms. The molecule has 1 aliphatic heterocycles. The second kappa shape index (κ2) is 9.49. The zero-order valence-corrected chi connectivity index (χ0v) is 18.8. The van der Waals surface area contributed by atoms with E-state index in [1.807, 2.05) is 20.9 Å². The van der Waals surface area contributed by atoms with E-state index in [1.54, 1.807) is 0 Å². The molecule has 1 saturated heterocycles. The standard InChI is InChI=1S/C16H25N7OS.HI/c1-5-14-19-16(25-21-14)23-8-6-22(7-9-23)15(17-4)18-10-13-11(2)20-24-12(13)3;/h5-10H2,1-4H3,(H,17,18);1H. The lowest BCUT2D eigenvalue weighted by Crippen LogP contribution is -2.52. The molecule has 1 aliphatic rings. The summed E-state index contributed by atoms with van der Waals surface area (Å²) in [5, 5.41) is 8.44. The molecule has 144 valence electrons. The van der Waals surface area contributed by atoms with Crippen molar-refractivity contribution < 1.29 is 4.52 Å². The summed E-state index contributed by atoms with van der Waals surface area (Å²) < 4.78 is 9.60. The predicted molar refractivity (Wildman–Crippen MR) is 115 cm³/mol. The summed E-state index contributed by atoms with van der Waals surface area (Å²) >= 11 is 1.49. The molecule has 1 fully saturated rings. The number of nitrogens with zero attached hydrogens (tertiary/aromatic N) is 6. The second-order valence-corrected chi connectivity index (χ2v) is 6.75. The van der Waals surface area contributed by atoms with Gasteiger partial charge in [0.15, 0.2) is 5.96 Å². The molecule has 0 saturated carbocycles. The number of hydrogen-bond acceptors (Lipinski definition) is 7. The molecule has 0 aliphatic carbocycles. The molecule has 8 nitrogen and oxygen atoms in total. The number of anilines is 1. The highest BCUT2D eigenvalue weighted by molar-refractivity contribution is 14.0. The van der Waals surface area contributed by atoms with Crippen LogP contribution in [0.5, 0.6) is 0 Å². The third kappa shape index (κ3) is 4.64. The van der Waals surface area contributed by atoms with Crippen LogP contribution >= 0.6 is 35.5 Å². The molecule has 0 aromatic carbocycles. The summed E-state index contributed by atoms with van der Waals surface area (Å²) in [6, 6.07) is 0. The molecule has 0 radical (unpaired) electrons. The lowest BCUT2D eigenvalue weighted by atomic mass is 10.2. The van der Waals surface area contributed by atoms with Crippen LogP contribution in [-0.4, -0.2) is 58.6 Å².